The lowest BCUT2D eigenvalue weighted by molar-refractivity contribution is -0.162. The molecule has 0 radical (unpaired) electrons. The molecule has 110 valence electrons. The fourth-order valence-corrected chi connectivity index (χ4v) is 1.74. The van der Waals surface area contributed by atoms with Gasteiger partial charge in [-0.2, -0.15) is 0 Å². The van der Waals surface area contributed by atoms with Crippen molar-refractivity contribution in [1.82, 2.24) is 0 Å². The van der Waals surface area contributed by atoms with E-state index in [9.17, 15) is 14.3 Å². The van der Waals surface area contributed by atoms with Crippen molar-refractivity contribution in [1.29, 1.82) is 0 Å². The Hall–Kier alpha value is -2.40. The summed E-state index contributed by atoms with van der Waals surface area (Å²) >= 11 is 0. The zero-order valence-corrected chi connectivity index (χ0v) is 11.4. The van der Waals surface area contributed by atoms with Crippen LogP contribution in [0.15, 0.2) is 48.5 Å². The van der Waals surface area contributed by atoms with E-state index in [1.165, 1.54) is 28.6 Å². The molecule has 0 amide bonds. The molecule has 3 rings (SSSR count). The van der Waals surface area contributed by atoms with Crippen LogP contribution in [0.4, 0.5) is 4.39 Å². The predicted octanol–water partition coefficient (Wildman–Crippen LogP) is 2.67. The van der Waals surface area contributed by atoms with Crippen molar-refractivity contribution in [3.63, 3.8) is 0 Å². The van der Waals surface area contributed by atoms with E-state index in [0.717, 1.165) is 13.0 Å². The summed E-state index contributed by atoms with van der Waals surface area (Å²) in [7, 11) is 0. The predicted molar refractivity (Wildman–Crippen MR) is 74.0 cm³/mol. The van der Waals surface area contributed by atoms with Crippen LogP contribution < -0.4 is 4.74 Å². The second-order valence-electron chi connectivity index (χ2n) is 4.86. The molecule has 5 heteroatoms. The van der Waals surface area contributed by atoms with Crippen molar-refractivity contribution in [2.24, 2.45) is 0 Å². The summed E-state index contributed by atoms with van der Waals surface area (Å²) in [6.45, 7) is 1.16. The van der Waals surface area contributed by atoms with Gasteiger partial charge >= 0.3 is 5.97 Å². The van der Waals surface area contributed by atoms with Crippen molar-refractivity contribution in [3.8, 4) is 5.75 Å². The van der Waals surface area contributed by atoms with Crippen molar-refractivity contribution in [3.05, 3.63) is 64.8 Å². The fourth-order valence-electron chi connectivity index (χ4n) is 1.74. The third-order valence-corrected chi connectivity index (χ3v) is 2.86. The Morgan fingerprint density at radius 1 is 1.14 bits per heavy atom. The molecule has 0 aromatic heterocycles. The topological polar surface area (TPSA) is 66.8 Å². The Morgan fingerprint density at radius 3 is 2.05 bits per heavy atom. The minimum absolute atomic E-state index is 0.177. The average Bonchev–Trinajstić information content (AvgIpc) is 2.35. The second kappa shape index (κ2) is 5.93. The van der Waals surface area contributed by atoms with E-state index >= 15 is 0 Å². The van der Waals surface area contributed by atoms with E-state index in [-0.39, 0.29) is 5.75 Å². The van der Waals surface area contributed by atoms with Gasteiger partial charge < -0.3 is 14.9 Å². The van der Waals surface area contributed by atoms with Crippen molar-refractivity contribution >= 4 is 5.97 Å². The standard InChI is InChI=1S/C10H11FO4.C6H4/c1-10(14,6-9(12)13)15-8-5-3-2-4-7(8)11;1-2-6-4-3-5(1)6/h2-5,14H,6H2,1H3,(H,12,13);1-4H. The normalized spacial score (nSPS) is 13.5. The van der Waals surface area contributed by atoms with Crippen LogP contribution in [-0.2, 0) is 4.79 Å². The molecular formula is C16H15FO4. The van der Waals surface area contributed by atoms with Gasteiger partial charge in [-0.3, -0.25) is 4.79 Å². The summed E-state index contributed by atoms with van der Waals surface area (Å²) in [5, 5.41) is 20.8. The highest BCUT2D eigenvalue weighted by atomic mass is 19.1. The molecule has 0 bridgehead atoms. The number of halogens is 1. The number of hydrogen-bond acceptors (Lipinski definition) is 3. The zero-order valence-electron chi connectivity index (χ0n) is 11.4. The Kier molecular flexibility index (Phi) is 4.23. The number of rotatable bonds is 4. The molecule has 21 heavy (non-hydrogen) atoms. The second-order valence-corrected chi connectivity index (χ2v) is 4.86. The van der Waals surface area contributed by atoms with Crippen LogP contribution in [0.25, 0.3) is 0 Å². The lowest BCUT2D eigenvalue weighted by Crippen LogP contribution is -2.34. The molecular weight excluding hydrogens is 275 g/mol. The third kappa shape index (κ3) is 4.03. The Balaban J connectivity index is 0.000000218. The van der Waals surface area contributed by atoms with Gasteiger partial charge in [0.25, 0.3) is 0 Å². The van der Waals surface area contributed by atoms with Gasteiger partial charge in [-0.05, 0) is 22.6 Å². The van der Waals surface area contributed by atoms with Gasteiger partial charge in [-0.15, -0.1) is 0 Å². The Labute approximate surface area is 120 Å². The molecule has 1 atom stereocenters. The number of ether oxygens (including phenoxy) is 1. The summed E-state index contributed by atoms with van der Waals surface area (Å²) in [6.07, 6.45) is -0.624. The number of carboxylic acids is 1. The fraction of sp³-hybridized carbons (Fsp3) is 0.188. The Bertz CT molecular complexity index is 690. The minimum Gasteiger partial charge on any atom is -0.481 e. The maximum absolute atomic E-state index is 13.1. The summed E-state index contributed by atoms with van der Waals surface area (Å²) in [6, 6.07) is 13.9. The molecule has 1 unspecified atom stereocenters. The van der Waals surface area contributed by atoms with Crippen LogP contribution in [0.3, 0.4) is 0 Å². The van der Waals surface area contributed by atoms with Gasteiger partial charge in [0.15, 0.2) is 11.6 Å². The number of aliphatic carboxylic acids is 1. The highest BCUT2D eigenvalue weighted by Crippen LogP contribution is 2.22. The number of benzene rings is 2. The van der Waals surface area contributed by atoms with Gasteiger partial charge in [-0.25, -0.2) is 4.39 Å². The molecule has 2 aliphatic carbocycles. The van der Waals surface area contributed by atoms with Gasteiger partial charge in [0.1, 0.15) is 6.42 Å². The molecule has 0 fully saturated rings. The summed E-state index contributed by atoms with van der Waals surface area (Å²) in [5.74, 6) is -3.98. The Morgan fingerprint density at radius 2 is 1.67 bits per heavy atom. The number of para-hydroxylation sites is 1. The maximum Gasteiger partial charge on any atom is 0.310 e. The van der Waals surface area contributed by atoms with Gasteiger partial charge in [0, 0.05) is 6.92 Å². The monoisotopic (exact) mass is 290 g/mol. The lowest BCUT2D eigenvalue weighted by Gasteiger charge is -2.22. The van der Waals surface area contributed by atoms with Gasteiger partial charge in [0.05, 0.1) is 0 Å². The quantitative estimate of drug-likeness (QED) is 0.725. The first-order valence-electron chi connectivity index (χ1n) is 6.35. The van der Waals surface area contributed by atoms with Crippen LogP contribution in [0, 0.1) is 16.3 Å². The average molecular weight is 290 g/mol. The number of carbonyl (C=O) groups is 1. The van der Waals surface area contributed by atoms with Crippen molar-refractivity contribution < 1.29 is 24.1 Å². The molecule has 0 spiro atoms. The number of hydrogen-bond donors (Lipinski definition) is 2. The van der Waals surface area contributed by atoms with E-state index in [4.69, 9.17) is 9.84 Å². The highest BCUT2D eigenvalue weighted by Gasteiger charge is 2.27. The van der Waals surface area contributed by atoms with E-state index in [2.05, 4.69) is 24.3 Å². The molecule has 2 N–H and O–H groups in total. The molecule has 0 heterocycles. The smallest absolute Gasteiger partial charge is 0.310 e. The zero-order chi connectivity index (χ0) is 15.5. The van der Waals surface area contributed by atoms with E-state index in [0.29, 0.717) is 0 Å². The van der Waals surface area contributed by atoms with Crippen molar-refractivity contribution in [2.45, 2.75) is 19.1 Å². The first-order valence-corrected chi connectivity index (χ1v) is 6.35. The largest absolute Gasteiger partial charge is 0.481 e. The molecule has 4 nitrogen and oxygen atoms in total. The maximum atomic E-state index is 13.1. The molecule has 1 aromatic rings. The summed E-state index contributed by atoms with van der Waals surface area (Å²) < 4.78 is 17.9. The van der Waals surface area contributed by atoms with Crippen LogP contribution in [0.2, 0.25) is 0 Å². The van der Waals surface area contributed by atoms with E-state index < -0.39 is 24.0 Å². The molecule has 0 saturated carbocycles. The van der Waals surface area contributed by atoms with Crippen LogP contribution in [-0.4, -0.2) is 22.0 Å². The van der Waals surface area contributed by atoms with Crippen LogP contribution in [0.1, 0.15) is 13.3 Å². The first kappa shape index (κ1) is 15.0. The number of carboxylic acid groups (broad SMARTS) is 1. The number of aliphatic hydroxyl groups is 1. The van der Waals surface area contributed by atoms with Crippen molar-refractivity contribution in [2.75, 3.05) is 0 Å². The minimum atomic E-state index is -1.92. The lowest BCUT2D eigenvalue weighted by atomic mass is 10.1. The van der Waals surface area contributed by atoms with Crippen LogP contribution >= 0.6 is 0 Å². The van der Waals surface area contributed by atoms with Gasteiger partial charge in [-0.1, -0.05) is 36.4 Å². The van der Waals surface area contributed by atoms with Crippen LogP contribution in [0.5, 0.6) is 5.75 Å². The molecule has 2 aliphatic rings. The summed E-state index contributed by atoms with van der Waals surface area (Å²) in [5.41, 5.74) is 0. The first-order chi connectivity index (χ1) is 9.87. The molecule has 1 aromatic carbocycles. The van der Waals surface area contributed by atoms with E-state index in [1.54, 1.807) is 0 Å². The SMILES string of the molecule is CC(O)(CC(=O)O)Oc1ccccc1F.c1cc2ccc1=2. The molecule has 0 saturated heterocycles. The summed E-state index contributed by atoms with van der Waals surface area (Å²) in [4.78, 5) is 10.4. The third-order valence-electron chi connectivity index (χ3n) is 2.86. The highest BCUT2D eigenvalue weighted by molar-refractivity contribution is 5.67. The molecule has 0 aliphatic heterocycles. The van der Waals surface area contributed by atoms with Gasteiger partial charge in [0.2, 0.25) is 5.79 Å². The van der Waals surface area contributed by atoms with E-state index in [1.807, 2.05) is 0 Å².